The number of fused-ring (bicyclic) bond motifs is 1. The van der Waals surface area contributed by atoms with Crippen LogP contribution in [0, 0.1) is 11.7 Å². The van der Waals surface area contributed by atoms with E-state index in [1.165, 1.54) is 25.2 Å². The number of halogens is 1. The second kappa shape index (κ2) is 6.85. The van der Waals surface area contributed by atoms with Crippen LogP contribution in [0.4, 0.5) is 16.0 Å². The van der Waals surface area contributed by atoms with Crippen LogP contribution in [0.2, 0.25) is 0 Å². The monoisotopic (exact) mass is 380 g/mol. The Labute approximate surface area is 161 Å². The molecule has 0 bridgehead atoms. The molecule has 0 N–H and O–H groups in total. The number of piperazine rings is 1. The van der Waals surface area contributed by atoms with Crippen molar-refractivity contribution >= 4 is 22.5 Å². The average Bonchev–Trinajstić information content (AvgIpc) is 3.55. The van der Waals surface area contributed by atoms with Crippen molar-refractivity contribution in [2.45, 2.75) is 19.4 Å². The minimum absolute atomic E-state index is 0.0433. The molecule has 1 aromatic carbocycles. The Morgan fingerprint density at radius 3 is 2.43 bits per heavy atom. The molecule has 0 atom stereocenters. The minimum Gasteiger partial charge on any atom is -0.368 e. The topological polar surface area (TPSA) is 67.2 Å². The van der Waals surface area contributed by atoms with E-state index in [4.69, 9.17) is 0 Å². The van der Waals surface area contributed by atoms with Crippen LogP contribution >= 0.6 is 0 Å². The summed E-state index contributed by atoms with van der Waals surface area (Å²) < 4.78 is 14.7. The third kappa shape index (κ3) is 3.30. The fraction of sp³-hybridized carbons (Fsp3) is 0.400. The number of anilines is 2. The van der Waals surface area contributed by atoms with Gasteiger partial charge in [0, 0.05) is 38.4 Å². The first-order valence-corrected chi connectivity index (χ1v) is 9.64. The first-order chi connectivity index (χ1) is 13.7. The Morgan fingerprint density at radius 1 is 1.00 bits per heavy atom. The van der Waals surface area contributed by atoms with E-state index in [0.29, 0.717) is 17.3 Å². The summed E-state index contributed by atoms with van der Waals surface area (Å²) in [7, 11) is 0. The molecule has 2 fully saturated rings. The van der Waals surface area contributed by atoms with Gasteiger partial charge in [0.1, 0.15) is 0 Å². The van der Waals surface area contributed by atoms with E-state index in [9.17, 15) is 9.18 Å². The molecule has 3 aromatic rings. The molecule has 7 nitrogen and oxygen atoms in total. The summed E-state index contributed by atoms with van der Waals surface area (Å²) in [6, 6.07) is 5.87. The van der Waals surface area contributed by atoms with Crippen molar-refractivity contribution in [3.63, 3.8) is 0 Å². The number of rotatable bonds is 4. The van der Waals surface area contributed by atoms with Gasteiger partial charge in [0.25, 0.3) is 5.56 Å². The van der Waals surface area contributed by atoms with Crippen LogP contribution in [-0.2, 0) is 6.54 Å². The lowest BCUT2D eigenvalue weighted by Crippen LogP contribution is -2.47. The SMILES string of the molecule is O=c1c2ccc(N3CCN(c4ncc(F)cn4)CC3)cc2ncn1CC1CC1. The highest BCUT2D eigenvalue weighted by atomic mass is 19.1. The van der Waals surface area contributed by atoms with Crippen LogP contribution < -0.4 is 15.4 Å². The Bertz CT molecular complexity index is 1050. The highest BCUT2D eigenvalue weighted by Gasteiger charge is 2.23. The third-order valence-electron chi connectivity index (χ3n) is 5.49. The van der Waals surface area contributed by atoms with E-state index in [1.54, 1.807) is 10.9 Å². The molecular weight excluding hydrogens is 359 g/mol. The van der Waals surface area contributed by atoms with E-state index in [2.05, 4.69) is 19.9 Å². The van der Waals surface area contributed by atoms with Crippen molar-refractivity contribution in [1.29, 1.82) is 0 Å². The molecule has 0 spiro atoms. The normalized spacial score (nSPS) is 17.3. The van der Waals surface area contributed by atoms with Gasteiger partial charge in [-0.05, 0) is 37.0 Å². The Kier molecular flexibility index (Phi) is 4.18. The number of hydrogen-bond acceptors (Lipinski definition) is 6. The molecule has 8 heteroatoms. The van der Waals surface area contributed by atoms with E-state index in [1.807, 2.05) is 23.1 Å². The summed E-state index contributed by atoms with van der Waals surface area (Å²) in [6.45, 7) is 3.87. The van der Waals surface area contributed by atoms with Gasteiger partial charge in [-0.2, -0.15) is 0 Å². The molecule has 2 aromatic heterocycles. The first-order valence-electron chi connectivity index (χ1n) is 9.64. The fourth-order valence-corrected chi connectivity index (χ4v) is 3.69. The number of hydrogen-bond donors (Lipinski definition) is 0. The van der Waals surface area contributed by atoms with Gasteiger partial charge in [0.15, 0.2) is 5.82 Å². The van der Waals surface area contributed by atoms with Crippen LogP contribution in [-0.4, -0.2) is 45.7 Å². The van der Waals surface area contributed by atoms with Crippen molar-refractivity contribution in [2.75, 3.05) is 36.0 Å². The lowest BCUT2D eigenvalue weighted by molar-refractivity contribution is 0.601. The van der Waals surface area contributed by atoms with Crippen LogP contribution in [0.15, 0.2) is 41.7 Å². The molecule has 1 aliphatic heterocycles. The summed E-state index contributed by atoms with van der Waals surface area (Å²) >= 11 is 0. The molecule has 5 rings (SSSR count). The van der Waals surface area contributed by atoms with Gasteiger partial charge in [-0.1, -0.05) is 0 Å². The number of benzene rings is 1. The molecular formula is C20H21FN6O. The average molecular weight is 380 g/mol. The fourth-order valence-electron chi connectivity index (χ4n) is 3.69. The van der Waals surface area contributed by atoms with Gasteiger partial charge in [-0.15, -0.1) is 0 Å². The molecule has 3 heterocycles. The lowest BCUT2D eigenvalue weighted by atomic mass is 10.2. The molecule has 0 amide bonds. The predicted molar refractivity (Wildman–Crippen MR) is 105 cm³/mol. The molecule has 1 aliphatic carbocycles. The molecule has 1 saturated carbocycles. The van der Waals surface area contributed by atoms with Crippen molar-refractivity contribution in [3.8, 4) is 0 Å². The lowest BCUT2D eigenvalue weighted by Gasteiger charge is -2.36. The zero-order valence-electron chi connectivity index (χ0n) is 15.5. The van der Waals surface area contributed by atoms with E-state index in [0.717, 1.165) is 43.9 Å². The maximum Gasteiger partial charge on any atom is 0.261 e. The van der Waals surface area contributed by atoms with Crippen LogP contribution in [0.1, 0.15) is 12.8 Å². The van der Waals surface area contributed by atoms with Gasteiger partial charge < -0.3 is 9.80 Å². The molecule has 28 heavy (non-hydrogen) atoms. The second-order valence-electron chi connectivity index (χ2n) is 7.52. The zero-order valence-corrected chi connectivity index (χ0v) is 15.5. The summed E-state index contributed by atoms with van der Waals surface area (Å²) in [5.74, 6) is 0.761. The van der Waals surface area contributed by atoms with E-state index >= 15 is 0 Å². The molecule has 144 valence electrons. The minimum atomic E-state index is -0.428. The number of aromatic nitrogens is 4. The molecule has 0 radical (unpaired) electrons. The van der Waals surface area contributed by atoms with Gasteiger partial charge in [-0.3, -0.25) is 9.36 Å². The van der Waals surface area contributed by atoms with Gasteiger partial charge in [-0.25, -0.2) is 19.3 Å². The largest absolute Gasteiger partial charge is 0.368 e. The Balaban J connectivity index is 1.32. The van der Waals surface area contributed by atoms with Crippen LogP contribution in [0.5, 0.6) is 0 Å². The summed E-state index contributed by atoms with van der Waals surface area (Å²) in [5, 5.41) is 0.672. The number of nitrogens with zero attached hydrogens (tertiary/aromatic N) is 6. The summed E-state index contributed by atoms with van der Waals surface area (Å²) in [6.07, 6.45) is 6.48. The van der Waals surface area contributed by atoms with E-state index < -0.39 is 5.82 Å². The maximum absolute atomic E-state index is 13.0. The van der Waals surface area contributed by atoms with Crippen molar-refractivity contribution in [3.05, 3.63) is 53.1 Å². The summed E-state index contributed by atoms with van der Waals surface area (Å²) in [4.78, 5) is 29.6. The molecule has 0 unspecified atom stereocenters. The maximum atomic E-state index is 13.0. The smallest absolute Gasteiger partial charge is 0.261 e. The molecule has 2 aliphatic rings. The van der Waals surface area contributed by atoms with Crippen molar-refractivity contribution in [1.82, 2.24) is 19.5 Å². The van der Waals surface area contributed by atoms with E-state index in [-0.39, 0.29) is 5.56 Å². The predicted octanol–water partition coefficient (Wildman–Crippen LogP) is 2.06. The van der Waals surface area contributed by atoms with Crippen LogP contribution in [0.25, 0.3) is 10.9 Å². The second-order valence-corrected chi connectivity index (χ2v) is 7.52. The highest BCUT2D eigenvalue weighted by molar-refractivity contribution is 5.81. The van der Waals surface area contributed by atoms with Gasteiger partial charge in [0.2, 0.25) is 5.95 Å². The zero-order chi connectivity index (χ0) is 19.1. The quantitative estimate of drug-likeness (QED) is 0.690. The third-order valence-corrected chi connectivity index (χ3v) is 5.49. The standard InChI is InChI=1S/C20H21FN6O/c21-15-10-22-20(23-11-15)26-7-5-25(6-8-26)16-3-4-17-18(9-16)24-13-27(19(17)28)12-14-1-2-14/h3-4,9-11,13-14H,1-2,5-8,12H2. The summed E-state index contributed by atoms with van der Waals surface area (Å²) in [5.41, 5.74) is 1.83. The van der Waals surface area contributed by atoms with Gasteiger partial charge in [0.05, 0.1) is 29.6 Å². The van der Waals surface area contributed by atoms with Crippen molar-refractivity contribution in [2.24, 2.45) is 5.92 Å². The Hall–Kier alpha value is -3.03. The molecule has 1 saturated heterocycles. The Morgan fingerprint density at radius 2 is 1.71 bits per heavy atom. The first kappa shape index (κ1) is 17.1. The van der Waals surface area contributed by atoms with Crippen LogP contribution in [0.3, 0.4) is 0 Å². The van der Waals surface area contributed by atoms with Gasteiger partial charge >= 0.3 is 0 Å². The van der Waals surface area contributed by atoms with Crippen molar-refractivity contribution < 1.29 is 4.39 Å². The highest BCUT2D eigenvalue weighted by Crippen LogP contribution is 2.30.